The molecule has 5 heteroatoms. The number of furan rings is 1. The van der Waals surface area contributed by atoms with Gasteiger partial charge in [-0.15, -0.1) is 0 Å². The van der Waals surface area contributed by atoms with E-state index in [-0.39, 0.29) is 0 Å². The van der Waals surface area contributed by atoms with Gasteiger partial charge in [-0.05, 0) is 86.2 Å². The highest BCUT2D eigenvalue weighted by Gasteiger charge is 2.20. The Balaban J connectivity index is 1.05. The SMILES string of the molecule is c1ccc(-c2nc(-c3ccc4oc5ccc6ccc(-n7c8cc9ccccc9cc8c8ccc9ccccc9c87)cc6c5c4c3)nc(-c3cccc4ccccc34)n2)cc1. The zero-order chi connectivity index (χ0) is 39.3. The van der Waals surface area contributed by atoms with Crippen LogP contribution >= 0.6 is 0 Å². The van der Waals surface area contributed by atoms with Crippen LogP contribution in [0.25, 0.3) is 127 Å². The molecule has 0 spiro atoms. The van der Waals surface area contributed by atoms with E-state index in [1.165, 1.54) is 43.4 Å². The molecule has 0 amide bonds. The molecule has 10 aromatic carbocycles. The van der Waals surface area contributed by atoms with E-state index in [1.807, 2.05) is 36.4 Å². The number of rotatable bonds is 4. The van der Waals surface area contributed by atoms with Crippen molar-refractivity contribution in [3.63, 3.8) is 0 Å². The topological polar surface area (TPSA) is 56.7 Å². The van der Waals surface area contributed by atoms with Crippen molar-refractivity contribution in [3.05, 3.63) is 194 Å². The van der Waals surface area contributed by atoms with Crippen molar-refractivity contribution in [1.82, 2.24) is 19.5 Å². The van der Waals surface area contributed by atoms with E-state index in [1.54, 1.807) is 0 Å². The normalized spacial score (nSPS) is 12.0. The first kappa shape index (κ1) is 32.9. The molecular formula is C55H32N4O. The summed E-state index contributed by atoms with van der Waals surface area (Å²) >= 11 is 0. The molecule has 13 rings (SSSR count). The van der Waals surface area contributed by atoms with Crippen LogP contribution in [0.15, 0.2) is 199 Å². The number of nitrogens with zero attached hydrogens (tertiary/aromatic N) is 4. The first-order valence-corrected chi connectivity index (χ1v) is 20.3. The van der Waals surface area contributed by atoms with Gasteiger partial charge in [0.1, 0.15) is 11.2 Å². The Hall–Kier alpha value is -8.15. The molecule has 0 aliphatic heterocycles. The zero-order valence-electron chi connectivity index (χ0n) is 32.2. The lowest BCUT2D eigenvalue weighted by Crippen LogP contribution is -2.00. The highest BCUT2D eigenvalue weighted by molar-refractivity contribution is 6.22. The molecule has 0 aliphatic rings. The minimum absolute atomic E-state index is 0.605. The summed E-state index contributed by atoms with van der Waals surface area (Å²) in [5, 5.41) is 13.9. The van der Waals surface area contributed by atoms with Gasteiger partial charge in [0.15, 0.2) is 17.5 Å². The minimum atomic E-state index is 0.605. The van der Waals surface area contributed by atoms with Gasteiger partial charge in [-0.25, -0.2) is 15.0 Å². The van der Waals surface area contributed by atoms with E-state index < -0.39 is 0 Å². The summed E-state index contributed by atoms with van der Waals surface area (Å²) in [4.78, 5) is 15.4. The monoisotopic (exact) mass is 764 g/mol. The number of hydrogen-bond acceptors (Lipinski definition) is 4. The van der Waals surface area contributed by atoms with Gasteiger partial charge < -0.3 is 8.98 Å². The first-order chi connectivity index (χ1) is 29.7. The Morgan fingerprint density at radius 1 is 0.350 bits per heavy atom. The fourth-order valence-electron chi connectivity index (χ4n) is 9.35. The molecule has 0 N–H and O–H groups in total. The smallest absolute Gasteiger partial charge is 0.164 e. The van der Waals surface area contributed by atoms with Crippen LogP contribution in [-0.2, 0) is 0 Å². The van der Waals surface area contributed by atoms with Crippen molar-refractivity contribution in [2.45, 2.75) is 0 Å². The van der Waals surface area contributed by atoms with Gasteiger partial charge in [-0.2, -0.15) is 0 Å². The van der Waals surface area contributed by atoms with Gasteiger partial charge in [0.2, 0.25) is 0 Å². The molecule has 5 nitrogen and oxygen atoms in total. The van der Waals surface area contributed by atoms with Crippen LogP contribution < -0.4 is 0 Å². The van der Waals surface area contributed by atoms with Crippen molar-refractivity contribution in [1.29, 1.82) is 0 Å². The molecule has 0 aliphatic carbocycles. The number of fused-ring (bicyclic) bond motifs is 12. The Morgan fingerprint density at radius 3 is 1.83 bits per heavy atom. The quantitative estimate of drug-likeness (QED) is 0.179. The van der Waals surface area contributed by atoms with E-state index >= 15 is 0 Å². The summed E-state index contributed by atoms with van der Waals surface area (Å²) in [5.41, 5.74) is 7.91. The van der Waals surface area contributed by atoms with Crippen molar-refractivity contribution >= 4 is 86.8 Å². The fraction of sp³-hybridized carbons (Fsp3) is 0. The third-order valence-electron chi connectivity index (χ3n) is 12.2. The molecule has 0 unspecified atom stereocenters. The molecule has 0 bridgehead atoms. The van der Waals surface area contributed by atoms with Gasteiger partial charge in [0.25, 0.3) is 0 Å². The van der Waals surface area contributed by atoms with Crippen LogP contribution in [0.4, 0.5) is 0 Å². The summed E-state index contributed by atoms with van der Waals surface area (Å²) in [7, 11) is 0. The average Bonchev–Trinajstić information content (AvgIpc) is 3.86. The van der Waals surface area contributed by atoms with Gasteiger partial charge >= 0.3 is 0 Å². The first-order valence-electron chi connectivity index (χ1n) is 20.3. The average molecular weight is 765 g/mol. The van der Waals surface area contributed by atoms with Crippen LogP contribution in [0.5, 0.6) is 0 Å². The number of benzene rings is 10. The van der Waals surface area contributed by atoms with Crippen molar-refractivity contribution in [2.24, 2.45) is 0 Å². The predicted octanol–water partition coefficient (Wildman–Crippen LogP) is 14.5. The Kier molecular flexibility index (Phi) is 6.95. The van der Waals surface area contributed by atoms with Crippen LogP contribution in [0.2, 0.25) is 0 Å². The largest absolute Gasteiger partial charge is 0.456 e. The van der Waals surface area contributed by atoms with E-state index in [2.05, 4.69) is 162 Å². The molecular weight excluding hydrogens is 733 g/mol. The Morgan fingerprint density at radius 2 is 0.983 bits per heavy atom. The van der Waals surface area contributed by atoms with Crippen LogP contribution in [0.1, 0.15) is 0 Å². The Bertz CT molecular complexity index is 3890. The summed E-state index contributed by atoms with van der Waals surface area (Å²) in [5.74, 6) is 1.87. The van der Waals surface area contributed by atoms with E-state index in [4.69, 9.17) is 19.4 Å². The number of aromatic nitrogens is 4. The second kappa shape index (κ2) is 12.7. The molecule has 0 radical (unpaired) electrons. The van der Waals surface area contributed by atoms with Gasteiger partial charge in [-0.3, -0.25) is 0 Å². The number of hydrogen-bond donors (Lipinski definition) is 0. The van der Waals surface area contributed by atoms with Crippen molar-refractivity contribution in [2.75, 3.05) is 0 Å². The predicted molar refractivity (Wildman–Crippen MR) is 248 cm³/mol. The molecule has 13 aromatic rings. The van der Waals surface area contributed by atoms with Gasteiger partial charge in [0, 0.05) is 49.3 Å². The minimum Gasteiger partial charge on any atom is -0.456 e. The van der Waals surface area contributed by atoms with Crippen LogP contribution in [-0.4, -0.2) is 19.5 Å². The lowest BCUT2D eigenvalue weighted by Gasteiger charge is -2.12. The lowest BCUT2D eigenvalue weighted by molar-refractivity contribution is 0.669. The van der Waals surface area contributed by atoms with E-state index in [9.17, 15) is 0 Å². The molecule has 0 atom stereocenters. The van der Waals surface area contributed by atoms with Gasteiger partial charge in [-0.1, -0.05) is 146 Å². The Labute approximate surface area is 343 Å². The highest BCUT2D eigenvalue weighted by atomic mass is 16.3. The van der Waals surface area contributed by atoms with Crippen molar-refractivity contribution in [3.8, 4) is 39.9 Å². The maximum absolute atomic E-state index is 6.60. The van der Waals surface area contributed by atoms with Crippen LogP contribution in [0.3, 0.4) is 0 Å². The fourth-order valence-corrected chi connectivity index (χ4v) is 9.35. The summed E-state index contributed by atoms with van der Waals surface area (Å²) in [6, 6.07) is 68.7. The molecule has 0 fully saturated rings. The summed E-state index contributed by atoms with van der Waals surface area (Å²) < 4.78 is 9.06. The summed E-state index contributed by atoms with van der Waals surface area (Å²) in [6.07, 6.45) is 0. The molecule has 278 valence electrons. The zero-order valence-corrected chi connectivity index (χ0v) is 32.2. The standard InChI is InChI=1S/C55H32N4O/c1-2-13-36(14-3-1)53-56-54(58-55(57-53)44-20-10-17-33-11-6-8-18-41(33)44)39-24-27-49-47(30-39)51-45-32-40(25-21-35(45)23-28-50(51)60-49)59-48-31-38-16-5-4-15-37(38)29-46(48)43-26-22-34-12-7-9-19-42(34)52(43)59/h1-32H. The maximum atomic E-state index is 6.60. The van der Waals surface area contributed by atoms with Crippen molar-refractivity contribution < 1.29 is 4.42 Å². The molecule has 60 heavy (non-hydrogen) atoms. The maximum Gasteiger partial charge on any atom is 0.164 e. The third kappa shape index (κ3) is 4.96. The third-order valence-corrected chi connectivity index (χ3v) is 12.2. The molecule has 0 saturated heterocycles. The second-order valence-electron chi connectivity index (χ2n) is 15.6. The summed E-state index contributed by atoms with van der Waals surface area (Å²) in [6.45, 7) is 0. The lowest BCUT2D eigenvalue weighted by atomic mass is 10.0. The molecule has 3 aromatic heterocycles. The van der Waals surface area contributed by atoms with Gasteiger partial charge in [0.05, 0.1) is 11.0 Å². The second-order valence-corrected chi connectivity index (χ2v) is 15.6. The molecule has 0 saturated carbocycles. The van der Waals surface area contributed by atoms with Crippen LogP contribution in [0, 0.1) is 0 Å². The van der Waals surface area contributed by atoms with E-state index in [0.717, 1.165) is 65.9 Å². The highest BCUT2D eigenvalue weighted by Crippen LogP contribution is 2.42. The van der Waals surface area contributed by atoms with E-state index in [0.29, 0.717) is 17.5 Å². The molecule has 3 heterocycles.